The molecule has 0 bridgehead atoms. The van der Waals surface area contributed by atoms with Crippen molar-refractivity contribution in [2.75, 3.05) is 11.6 Å². The second kappa shape index (κ2) is 10.3. The van der Waals surface area contributed by atoms with E-state index in [4.69, 9.17) is 9.88 Å². The fraction of sp³-hybridized carbons (Fsp3) is 0.0833. The summed E-state index contributed by atoms with van der Waals surface area (Å²) in [5.74, 6) is -4.02. The molecule has 0 radical (unpaired) electrons. The molecule has 1 unspecified atom stereocenters. The maximum Gasteiger partial charge on any atom is 0.230 e. The number of halogens is 4. The molecule has 0 saturated carbocycles. The van der Waals surface area contributed by atoms with E-state index in [1.807, 2.05) is 0 Å². The minimum atomic E-state index is -2.60. The second-order valence-corrected chi connectivity index (χ2v) is 9.92. The summed E-state index contributed by atoms with van der Waals surface area (Å²) in [5, 5.41) is 10.0. The zero-order chi connectivity index (χ0) is 25.9. The number of nitrogens with one attached hydrogen (secondary N) is 1. The highest BCUT2D eigenvalue weighted by Crippen LogP contribution is 2.30. The number of rotatable bonds is 7. The van der Waals surface area contributed by atoms with E-state index >= 15 is 0 Å². The highest BCUT2D eigenvalue weighted by atomic mass is 32.2. The summed E-state index contributed by atoms with van der Waals surface area (Å²) in [6.07, 6.45) is 2.64. The van der Waals surface area contributed by atoms with Crippen LogP contribution >= 0.6 is 0 Å². The summed E-state index contributed by atoms with van der Waals surface area (Å²) in [5.41, 5.74) is 1.20. The summed E-state index contributed by atoms with van der Waals surface area (Å²) >= 11 is 0. The molecule has 1 heterocycles. The van der Waals surface area contributed by atoms with Crippen molar-refractivity contribution in [3.63, 3.8) is 0 Å². The van der Waals surface area contributed by atoms with Gasteiger partial charge in [0.25, 0.3) is 0 Å². The van der Waals surface area contributed by atoms with E-state index in [1.54, 1.807) is 24.3 Å². The van der Waals surface area contributed by atoms with Gasteiger partial charge >= 0.3 is 0 Å². The lowest BCUT2D eigenvalue weighted by Gasteiger charge is -2.12. The standard InChI is InChI=1S/C24H19F4N5O2S/c1-36(29,34)12-14-3-2-4-17(7-14)32-24-31-13-30-23(33-24)18-6-5-16(25)9-22(18)35-11-15-8-20(27)21(28)10-19(15)26/h2-10,12-13H,11H2,1H3,(H2,29,34)(H,30,31,32,33). The maximum absolute atomic E-state index is 14.0. The molecule has 0 aliphatic carbocycles. The van der Waals surface area contributed by atoms with Crippen molar-refractivity contribution in [3.05, 3.63) is 95.3 Å². The molecule has 0 fully saturated rings. The Labute approximate surface area is 204 Å². The first kappa shape index (κ1) is 25.1. The Kier molecular flexibility index (Phi) is 7.17. The van der Waals surface area contributed by atoms with Crippen LogP contribution in [0.4, 0.5) is 29.2 Å². The van der Waals surface area contributed by atoms with Gasteiger partial charge in [-0.2, -0.15) is 4.98 Å². The van der Waals surface area contributed by atoms with Crippen LogP contribution < -0.4 is 15.2 Å². The van der Waals surface area contributed by atoms with Crippen molar-refractivity contribution in [1.82, 2.24) is 15.0 Å². The Morgan fingerprint density at radius 1 is 1.00 bits per heavy atom. The van der Waals surface area contributed by atoms with E-state index in [2.05, 4.69) is 20.3 Å². The molecule has 0 saturated heterocycles. The van der Waals surface area contributed by atoms with Crippen molar-refractivity contribution in [2.45, 2.75) is 6.61 Å². The van der Waals surface area contributed by atoms with Gasteiger partial charge in [-0.15, -0.1) is 0 Å². The van der Waals surface area contributed by atoms with Gasteiger partial charge in [0, 0.05) is 44.7 Å². The normalized spacial score (nSPS) is 12.6. The number of nitrogens with two attached hydrogens (primary N) is 1. The molecule has 3 N–H and O–H groups in total. The van der Waals surface area contributed by atoms with Gasteiger partial charge in [0.2, 0.25) is 5.95 Å². The number of anilines is 2. The van der Waals surface area contributed by atoms with Crippen LogP contribution in [0.2, 0.25) is 0 Å². The molecule has 7 nitrogen and oxygen atoms in total. The van der Waals surface area contributed by atoms with Gasteiger partial charge in [-0.1, -0.05) is 12.1 Å². The largest absolute Gasteiger partial charge is 0.488 e. The van der Waals surface area contributed by atoms with Gasteiger partial charge in [0.1, 0.15) is 30.3 Å². The fourth-order valence-corrected chi connectivity index (χ4v) is 3.89. The molecule has 0 aliphatic heterocycles. The molecule has 1 aromatic heterocycles. The predicted molar refractivity (Wildman–Crippen MR) is 129 cm³/mol. The van der Waals surface area contributed by atoms with E-state index in [0.717, 1.165) is 12.1 Å². The molecular formula is C24H19F4N5O2S. The average Bonchev–Trinajstić information content (AvgIpc) is 2.80. The minimum absolute atomic E-state index is 0.0477. The van der Waals surface area contributed by atoms with Crippen LogP contribution in [0.1, 0.15) is 11.1 Å². The van der Waals surface area contributed by atoms with E-state index in [9.17, 15) is 21.8 Å². The third-order valence-corrected chi connectivity index (χ3v) is 5.48. The SMILES string of the molecule is CS(N)(=O)=Cc1cccc(Nc2ncnc(-c3ccc(F)cc3OCc3cc(F)c(F)cc3F)n2)c1. The van der Waals surface area contributed by atoms with E-state index in [1.165, 1.54) is 24.0 Å². The lowest BCUT2D eigenvalue weighted by Crippen LogP contribution is -2.13. The summed E-state index contributed by atoms with van der Waals surface area (Å²) in [7, 11) is -2.60. The Morgan fingerprint density at radius 3 is 2.56 bits per heavy atom. The van der Waals surface area contributed by atoms with E-state index in [0.29, 0.717) is 23.4 Å². The molecule has 4 rings (SSSR count). The molecule has 36 heavy (non-hydrogen) atoms. The van der Waals surface area contributed by atoms with Crippen molar-refractivity contribution < 1.29 is 26.5 Å². The van der Waals surface area contributed by atoms with Gasteiger partial charge < -0.3 is 10.1 Å². The first-order valence-corrected chi connectivity index (χ1v) is 12.4. The van der Waals surface area contributed by atoms with Gasteiger partial charge in [-0.25, -0.2) is 27.5 Å². The Morgan fingerprint density at radius 2 is 1.78 bits per heavy atom. The predicted octanol–water partition coefficient (Wildman–Crippen LogP) is 4.36. The molecule has 12 heteroatoms. The average molecular weight is 518 g/mol. The summed E-state index contributed by atoms with van der Waals surface area (Å²) in [4.78, 5) is 12.5. The zero-order valence-electron chi connectivity index (χ0n) is 18.7. The summed E-state index contributed by atoms with van der Waals surface area (Å²) < 4.78 is 72.0. The topological polar surface area (TPSA) is 103 Å². The van der Waals surface area contributed by atoms with E-state index < -0.39 is 39.6 Å². The van der Waals surface area contributed by atoms with Crippen LogP contribution in [0, 0.1) is 23.3 Å². The Balaban J connectivity index is 1.60. The highest BCUT2D eigenvalue weighted by Gasteiger charge is 2.15. The first-order valence-electron chi connectivity index (χ1n) is 10.3. The van der Waals surface area contributed by atoms with Crippen LogP contribution in [0.5, 0.6) is 5.75 Å². The quantitative estimate of drug-likeness (QED) is 0.215. The van der Waals surface area contributed by atoms with Crippen molar-refractivity contribution in [3.8, 4) is 17.1 Å². The number of nitrogens with zero attached hydrogens (tertiary/aromatic N) is 3. The van der Waals surface area contributed by atoms with Gasteiger partial charge in [0.15, 0.2) is 17.5 Å². The molecule has 3 aromatic carbocycles. The molecule has 4 aromatic rings. The second-order valence-electron chi connectivity index (χ2n) is 7.75. The van der Waals surface area contributed by atoms with Crippen LogP contribution in [0.15, 0.2) is 60.9 Å². The van der Waals surface area contributed by atoms with E-state index in [-0.39, 0.29) is 28.6 Å². The molecular weight excluding hydrogens is 498 g/mol. The zero-order valence-corrected chi connectivity index (χ0v) is 19.5. The smallest absolute Gasteiger partial charge is 0.230 e. The molecule has 0 aliphatic rings. The monoisotopic (exact) mass is 517 g/mol. The molecule has 0 spiro atoms. The number of ether oxygens (including phenoxy) is 1. The lowest BCUT2D eigenvalue weighted by atomic mass is 10.1. The summed E-state index contributed by atoms with van der Waals surface area (Å²) in [6, 6.07) is 11.5. The number of hydrogen-bond acceptors (Lipinski definition) is 6. The fourth-order valence-electron chi connectivity index (χ4n) is 3.21. The maximum atomic E-state index is 14.0. The van der Waals surface area contributed by atoms with Crippen molar-refractivity contribution in [1.29, 1.82) is 0 Å². The highest BCUT2D eigenvalue weighted by molar-refractivity contribution is 7.98. The number of benzene rings is 3. The lowest BCUT2D eigenvalue weighted by molar-refractivity contribution is 0.297. The Bertz CT molecular complexity index is 1550. The van der Waals surface area contributed by atoms with Crippen LogP contribution in [-0.4, -0.2) is 30.8 Å². The van der Waals surface area contributed by atoms with Gasteiger partial charge in [-0.05, 0) is 35.9 Å². The third-order valence-electron chi connectivity index (χ3n) is 4.74. The molecule has 1 atom stereocenters. The minimum Gasteiger partial charge on any atom is -0.488 e. The molecule has 0 amide bonds. The van der Waals surface area contributed by atoms with Crippen molar-refractivity contribution >= 4 is 26.7 Å². The van der Waals surface area contributed by atoms with Crippen LogP contribution in [0.25, 0.3) is 11.4 Å². The number of aromatic nitrogens is 3. The van der Waals surface area contributed by atoms with Crippen LogP contribution in [-0.2, 0) is 16.3 Å². The first-order chi connectivity index (χ1) is 17.1. The van der Waals surface area contributed by atoms with Crippen LogP contribution in [0.3, 0.4) is 0 Å². The van der Waals surface area contributed by atoms with Crippen molar-refractivity contribution in [2.24, 2.45) is 5.14 Å². The number of hydrogen-bond donors (Lipinski definition) is 2. The molecule has 186 valence electrons. The summed E-state index contributed by atoms with van der Waals surface area (Å²) in [6.45, 7) is -0.499. The Hall–Kier alpha value is -4.03. The van der Waals surface area contributed by atoms with Gasteiger partial charge in [0.05, 0.1) is 5.56 Å². The van der Waals surface area contributed by atoms with Gasteiger partial charge in [-0.3, -0.25) is 9.35 Å². The third kappa shape index (κ3) is 6.34.